The van der Waals surface area contributed by atoms with E-state index in [4.69, 9.17) is 4.74 Å². The summed E-state index contributed by atoms with van der Waals surface area (Å²) in [6, 6.07) is 6.61. The van der Waals surface area contributed by atoms with Gasteiger partial charge in [-0.15, -0.1) is 0 Å². The summed E-state index contributed by atoms with van der Waals surface area (Å²) >= 11 is 0. The third kappa shape index (κ3) is 8.09. The minimum absolute atomic E-state index is 0.110. The number of rotatable bonds is 8. The molecule has 0 amide bonds. The maximum Gasteiger partial charge on any atom is 0.387 e. The van der Waals surface area contributed by atoms with Gasteiger partial charge >= 0.3 is 6.61 Å². The first-order chi connectivity index (χ1) is 13.0. The van der Waals surface area contributed by atoms with Crippen LogP contribution in [-0.4, -0.2) is 63.4 Å². The van der Waals surface area contributed by atoms with E-state index < -0.39 is 6.61 Å². The normalized spacial score (nSPS) is 18.8. The van der Waals surface area contributed by atoms with Gasteiger partial charge in [0.25, 0.3) is 0 Å². The van der Waals surface area contributed by atoms with E-state index in [0.717, 1.165) is 31.8 Å². The number of nitrogens with one attached hydrogen (secondary N) is 2. The Morgan fingerprint density at radius 2 is 2.19 bits per heavy atom. The molecule has 0 radical (unpaired) electrons. The van der Waals surface area contributed by atoms with Crippen molar-refractivity contribution < 1.29 is 18.3 Å². The second-order valence-electron chi connectivity index (χ2n) is 6.98. The molecule has 1 saturated heterocycles. The largest absolute Gasteiger partial charge is 0.435 e. The van der Waals surface area contributed by atoms with E-state index >= 15 is 0 Å². The molecule has 1 aliphatic heterocycles. The molecule has 1 atom stereocenters. The molecule has 0 bridgehead atoms. The van der Waals surface area contributed by atoms with Crippen LogP contribution >= 0.6 is 0 Å². The summed E-state index contributed by atoms with van der Waals surface area (Å²) in [5.74, 6) is 1.42. The summed E-state index contributed by atoms with van der Waals surface area (Å²) in [4.78, 5) is 6.62. The number of alkyl halides is 2. The number of ether oxygens (including phenoxy) is 2. The molecule has 0 aromatic heterocycles. The van der Waals surface area contributed by atoms with Crippen LogP contribution in [0.1, 0.15) is 19.4 Å². The first-order valence-electron chi connectivity index (χ1n) is 9.28. The van der Waals surface area contributed by atoms with E-state index in [1.54, 1.807) is 19.2 Å². The van der Waals surface area contributed by atoms with Crippen LogP contribution in [0.25, 0.3) is 0 Å². The van der Waals surface area contributed by atoms with Gasteiger partial charge in [-0.3, -0.25) is 9.89 Å². The van der Waals surface area contributed by atoms with Crippen LogP contribution < -0.4 is 15.4 Å². The third-order valence-electron chi connectivity index (χ3n) is 4.15. The molecule has 1 fully saturated rings. The highest BCUT2D eigenvalue weighted by Crippen LogP contribution is 2.15. The van der Waals surface area contributed by atoms with Crippen LogP contribution in [0.4, 0.5) is 8.78 Å². The van der Waals surface area contributed by atoms with E-state index in [0.29, 0.717) is 25.0 Å². The summed E-state index contributed by atoms with van der Waals surface area (Å²) in [6.45, 7) is 6.40. The highest BCUT2D eigenvalue weighted by molar-refractivity contribution is 5.79. The average molecular weight is 384 g/mol. The Morgan fingerprint density at radius 1 is 1.37 bits per heavy atom. The maximum absolute atomic E-state index is 12.3. The molecule has 0 saturated carbocycles. The molecule has 2 N–H and O–H groups in total. The topological polar surface area (TPSA) is 58.1 Å². The Morgan fingerprint density at radius 3 is 2.89 bits per heavy atom. The van der Waals surface area contributed by atoms with Gasteiger partial charge in [-0.1, -0.05) is 26.0 Å². The third-order valence-corrected chi connectivity index (χ3v) is 4.15. The summed E-state index contributed by atoms with van der Waals surface area (Å²) in [7, 11) is 1.69. The van der Waals surface area contributed by atoms with Crippen molar-refractivity contribution in [1.82, 2.24) is 15.5 Å². The molecular formula is C19H30F2N4O2. The van der Waals surface area contributed by atoms with Crippen molar-refractivity contribution in [3.8, 4) is 5.75 Å². The smallest absolute Gasteiger partial charge is 0.387 e. The summed E-state index contributed by atoms with van der Waals surface area (Å²) in [5, 5.41) is 6.44. The van der Waals surface area contributed by atoms with Crippen molar-refractivity contribution in [3.05, 3.63) is 29.8 Å². The van der Waals surface area contributed by atoms with Crippen molar-refractivity contribution in [2.75, 3.05) is 39.8 Å². The Bertz CT molecular complexity index is 599. The zero-order chi connectivity index (χ0) is 19.6. The number of hydrogen-bond donors (Lipinski definition) is 2. The van der Waals surface area contributed by atoms with Gasteiger partial charge in [-0.05, 0) is 23.6 Å². The van der Waals surface area contributed by atoms with Crippen LogP contribution in [-0.2, 0) is 11.3 Å². The van der Waals surface area contributed by atoms with Gasteiger partial charge in [0.1, 0.15) is 5.75 Å². The van der Waals surface area contributed by atoms with Gasteiger partial charge in [-0.2, -0.15) is 8.78 Å². The van der Waals surface area contributed by atoms with E-state index in [9.17, 15) is 8.78 Å². The highest BCUT2D eigenvalue weighted by atomic mass is 19.3. The van der Waals surface area contributed by atoms with Crippen molar-refractivity contribution in [2.45, 2.75) is 33.1 Å². The molecular weight excluding hydrogens is 354 g/mol. The summed E-state index contributed by atoms with van der Waals surface area (Å²) < 4.78 is 34.9. The van der Waals surface area contributed by atoms with Crippen LogP contribution in [0, 0.1) is 5.92 Å². The number of halogens is 2. The van der Waals surface area contributed by atoms with Crippen molar-refractivity contribution in [2.24, 2.45) is 10.9 Å². The monoisotopic (exact) mass is 384 g/mol. The number of guanidine groups is 1. The molecule has 0 spiro atoms. The fourth-order valence-corrected chi connectivity index (χ4v) is 3.03. The molecule has 1 unspecified atom stereocenters. The van der Waals surface area contributed by atoms with Gasteiger partial charge < -0.3 is 20.1 Å². The zero-order valence-electron chi connectivity index (χ0n) is 16.3. The van der Waals surface area contributed by atoms with Crippen LogP contribution in [0.3, 0.4) is 0 Å². The van der Waals surface area contributed by atoms with Crippen molar-refractivity contribution in [3.63, 3.8) is 0 Å². The quantitative estimate of drug-likeness (QED) is 0.532. The number of hydrogen-bond acceptors (Lipinski definition) is 4. The molecule has 152 valence electrons. The Labute approximate surface area is 159 Å². The van der Waals surface area contributed by atoms with Crippen LogP contribution in [0.5, 0.6) is 5.75 Å². The molecule has 8 heteroatoms. The van der Waals surface area contributed by atoms with Crippen molar-refractivity contribution in [1.29, 1.82) is 0 Å². The Balaban J connectivity index is 1.77. The SMILES string of the molecule is CN=C(NCc1cccc(OC(F)F)c1)NCC1CN(CC(C)C)CCO1. The van der Waals surface area contributed by atoms with E-state index in [2.05, 4.69) is 39.1 Å². The van der Waals surface area contributed by atoms with Crippen molar-refractivity contribution >= 4 is 5.96 Å². The van der Waals surface area contributed by atoms with Crippen LogP contribution in [0.2, 0.25) is 0 Å². The summed E-state index contributed by atoms with van der Waals surface area (Å²) in [6.07, 6.45) is 0.110. The number of benzene rings is 1. The van der Waals surface area contributed by atoms with Gasteiger partial charge in [0.05, 0.1) is 12.7 Å². The van der Waals surface area contributed by atoms with E-state index in [1.165, 1.54) is 6.07 Å². The van der Waals surface area contributed by atoms with E-state index in [-0.39, 0.29) is 11.9 Å². The average Bonchev–Trinajstić information content (AvgIpc) is 2.61. The lowest BCUT2D eigenvalue weighted by Crippen LogP contribution is -2.50. The maximum atomic E-state index is 12.3. The molecule has 1 aromatic carbocycles. The van der Waals surface area contributed by atoms with Gasteiger partial charge in [0, 0.05) is 39.8 Å². The lowest BCUT2D eigenvalue weighted by molar-refractivity contribution is -0.0498. The Hall–Kier alpha value is -1.93. The fraction of sp³-hybridized carbons (Fsp3) is 0.632. The number of morpholine rings is 1. The van der Waals surface area contributed by atoms with Gasteiger partial charge in [0.15, 0.2) is 5.96 Å². The van der Waals surface area contributed by atoms with Crippen LogP contribution in [0.15, 0.2) is 29.3 Å². The molecule has 2 rings (SSSR count). The van der Waals surface area contributed by atoms with Gasteiger partial charge in [0.2, 0.25) is 0 Å². The highest BCUT2D eigenvalue weighted by Gasteiger charge is 2.21. The predicted octanol–water partition coefficient (Wildman–Crippen LogP) is 2.31. The van der Waals surface area contributed by atoms with Gasteiger partial charge in [-0.25, -0.2) is 0 Å². The molecule has 0 aliphatic carbocycles. The fourth-order valence-electron chi connectivity index (χ4n) is 3.03. The predicted molar refractivity (Wildman–Crippen MR) is 102 cm³/mol. The second-order valence-corrected chi connectivity index (χ2v) is 6.98. The standard InChI is InChI=1S/C19H30F2N4O2/c1-14(2)12-25-7-8-26-17(13-25)11-24-19(22-3)23-10-15-5-4-6-16(9-15)27-18(20)21/h4-6,9,14,17-18H,7-8,10-13H2,1-3H3,(H2,22,23,24). The first-order valence-corrected chi connectivity index (χ1v) is 9.28. The minimum atomic E-state index is -2.83. The zero-order valence-corrected chi connectivity index (χ0v) is 16.3. The second kappa shape index (κ2) is 11.0. The molecule has 1 aliphatic rings. The molecule has 27 heavy (non-hydrogen) atoms. The Kier molecular flexibility index (Phi) is 8.74. The number of aliphatic imine (C=N–C) groups is 1. The first kappa shape index (κ1) is 21.4. The molecule has 1 heterocycles. The summed E-state index contributed by atoms with van der Waals surface area (Å²) in [5.41, 5.74) is 0.827. The lowest BCUT2D eigenvalue weighted by atomic mass is 10.2. The molecule has 1 aromatic rings. The van der Waals surface area contributed by atoms with E-state index in [1.807, 2.05) is 6.07 Å². The molecule has 6 nitrogen and oxygen atoms in total. The number of nitrogens with zero attached hydrogens (tertiary/aromatic N) is 2. The minimum Gasteiger partial charge on any atom is -0.435 e. The lowest BCUT2D eigenvalue weighted by Gasteiger charge is -2.34.